The molecule has 1 amide bonds. The van der Waals surface area contributed by atoms with E-state index in [1.54, 1.807) is 31.2 Å². The Morgan fingerprint density at radius 2 is 1.83 bits per heavy atom. The first-order chi connectivity index (χ1) is 13.8. The van der Waals surface area contributed by atoms with E-state index in [9.17, 15) is 13.2 Å². The van der Waals surface area contributed by atoms with E-state index in [-0.39, 0.29) is 19.1 Å². The topological polar surface area (TPSA) is 84.9 Å². The quantitative estimate of drug-likeness (QED) is 0.598. The zero-order valence-electron chi connectivity index (χ0n) is 17.2. The Morgan fingerprint density at radius 1 is 1.14 bits per heavy atom. The molecule has 1 N–H and O–H groups in total. The molecule has 0 aliphatic carbocycles. The molecule has 0 heterocycles. The van der Waals surface area contributed by atoms with Gasteiger partial charge < -0.3 is 14.8 Å². The van der Waals surface area contributed by atoms with Crippen LogP contribution in [0.3, 0.4) is 0 Å². The van der Waals surface area contributed by atoms with Gasteiger partial charge in [-0.1, -0.05) is 30.7 Å². The average molecular weight is 421 g/mol. The Balaban J connectivity index is 2.06. The number of aryl methyl sites for hydroxylation is 1. The number of rotatable bonds is 10. The zero-order chi connectivity index (χ0) is 21.4. The smallest absolute Gasteiger partial charge is 0.244 e. The predicted molar refractivity (Wildman–Crippen MR) is 114 cm³/mol. The summed E-state index contributed by atoms with van der Waals surface area (Å²) >= 11 is 0. The minimum atomic E-state index is -3.69. The summed E-state index contributed by atoms with van der Waals surface area (Å²) < 4.78 is 36.8. The van der Waals surface area contributed by atoms with Gasteiger partial charge in [0.25, 0.3) is 0 Å². The van der Waals surface area contributed by atoms with E-state index in [2.05, 4.69) is 5.32 Å². The summed E-state index contributed by atoms with van der Waals surface area (Å²) in [5, 5.41) is 2.76. The number of methoxy groups -OCH3 is 1. The maximum absolute atomic E-state index is 12.7. The third-order valence-electron chi connectivity index (χ3n) is 4.33. The lowest BCUT2D eigenvalue weighted by Crippen LogP contribution is -2.50. The molecule has 2 aromatic rings. The molecule has 0 aromatic heterocycles. The highest BCUT2D eigenvalue weighted by Crippen LogP contribution is 2.26. The van der Waals surface area contributed by atoms with Crippen LogP contribution in [0.5, 0.6) is 11.5 Å². The van der Waals surface area contributed by atoms with Crippen molar-refractivity contribution >= 4 is 21.6 Å². The second-order valence-electron chi connectivity index (χ2n) is 6.64. The lowest BCUT2D eigenvalue weighted by Gasteiger charge is -2.30. The van der Waals surface area contributed by atoms with Crippen LogP contribution < -0.4 is 19.1 Å². The number of hydrogen-bond acceptors (Lipinski definition) is 5. The molecule has 7 nitrogen and oxygen atoms in total. The van der Waals surface area contributed by atoms with Gasteiger partial charge in [-0.25, -0.2) is 8.42 Å². The van der Waals surface area contributed by atoms with E-state index in [0.717, 1.165) is 16.1 Å². The zero-order valence-corrected chi connectivity index (χ0v) is 18.0. The number of nitrogens with zero attached hydrogens (tertiary/aromatic N) is 1. The third-order valence-corrected chi connectivity index (χ3v) is 5.51. The third kappa shape index (κ3) is 6.39. The van der Waals surface area contributed by atoms with Crippen LogP contribution in [-0.4, -0.2) is 46.9 Å². The largest absolute Gasteiger partial charge is 0.497 e. The van der Waals surface area contributed by atoms with Gasteiger partial charge in [0.15, 0.2) is 0 Å². The highest BCUT2D eigenvalue weighted by atomic mass is 32.2. The Kier molecular flexibility index (Phi) is 7.90. The van der Waals surface area contributed by atoms with Crippen LogP contribution >= 0.6 is 0 Å². The molecular weight excluding hydrogens is 392 g/mol. The van der Waals surface area contributed by atoms with Crippen molar-refractivity contribution in [3.05, 3.63) is 54.1 Å². The number of nitrogens with one attached hydrogen (secondary N) is 1. The van der Waals surface area contributed by atoms with Crippen molar-refractivity contribution in [2.75, 3.05) is 30.8 Å². The van der Waals surface area contributed by atoms with E-state index in [1.807, 2.05) is 31.2 Å². The fourth-order valence-electron chi connectivity index (χ4n) is 2.90. The highest BCUT2D eigenvalue weighted by molar-refractivity contribution is 7.92. The van der Waals surface area contributed by atoms with Gasteiger partial charge in [-0.3, -0.25) is 9.10 Å². The molecule has 158 valence electrons. The first-order valence-electron chi connectivity index (χ1n) is 9.37. The van der Waals surface area contributed by atoms with Crippen molar-refractivity contribution in [2.45, 2.75) is 26.3 Å². The SMILES string of the molecule is CCC(C(=O)NCCOc1ccc(C)cc1)N(c1cccc(OC)c1)S(C)(=O)=O. The number of carbonyl (C=O) groups excluding carboxylic acids is 1. The number of hydrogen-bond donors (Lipinski definition) is 1. The fraction of sp³-hybridized carbons (Fsp3) is 0.381. The molecule has 0 aliphatic heterocycles. The summed E-state index contributed by atoms with van der Waals surface area (Å²) in [7, 11) is -2.19. The van der Waals surface area contributed by atoms with Gasteiger partial charge in [0.1, 0.15) is 24.1 Å². The maximum atomic E-state index is 12.7. The number of benzene rings is 2. The van der Waals surface area contributed by atoms with Gasteiger partial charge in [-0.15, -0.1) is 0 Å². The van der Waals surface area contributed by atoms with Gasteiger partial charge in [0.2, 0.25) is 15.9 Å². The molecule has 29 heavy (non-hydrogen) atoms. The van der Waals surface area contributed by atoms with Gasteiger partial charge in [-0.05, 0) is 37.6 Å². The lowest BCUT2D eigenvalue weighted by molar-refractivity contribution is -0.122. The number of ether oxygens (including phenoxy) is 2. The van der Waals surface area contributed by atoms with Gasteiger partial charge in [0, 0.05) is 6.07 Å². The molecule has 0 spiro atoms. The Morgan fingerprint density at radius 3 is 2.41 bits per heavy atom. The summed E-state index contributed by atoms with van der Waals surface area (Å²) in [6.45, 7) is 4.30. The molecule has 1 unspecified atom stereocenters. The number of amides is 1. The molecular formula is C21H28N2O5S. The normalized spacial score (nSPS) is 12.1. The fourth-order valence-corrected chi connectivity index (χ4v) is 4.11. The minimum absolute atomic E-state index is 0.263. The predicted octanol–water partition coefficient (Wildman–Crippen LogP) is 2.74. The Labute approximate surface area is 172 Å². The summed E-state index contributed by atoms with van der Waals surface area (Å²) in [6, 6.07) is 13.4. The van der Waals surface area contributed by atoms with Crippen LogP contribution in [0.15, 0.2) is 48.5 Å². The molecule has 0 bridgehead atoms. The first kappa shape index (κ1) is 22.5. The number of carbonyl (C=O) groups is 1. The standard InChI is InChI=1S/C21H28N2O5S/c1-5-20(21(24)22-13-14-28-18-11-9-16(2)10-12-18)23(29(4,25)26)17-7-6-8-19(15-17)27-3/h6-12,15,20H,5,13-14H2,1-4H3,(H,22,24). The molecule has 8 heteroatoms. The van der Waals surface area contributed by atoms with E-state index >= 15 is 0 Å². The van der Waals surface area contributed by atoms with Crippen molar-refractivity contribution in [1.82, 2.24) is 5.32 Å². The summed E-state index contributed by atoms with van der Waals surface area (Å²) in [5.41, 5.74) is 1.51. The van der Waals surface area contributed by atoms with Gasteiger partial charge in [-0.2, -0.15) is 0 Å². The molecule has 0 fully saturated rings. The van der Waals surface area contributed by atoms with E-state index < -0.39 is 16.1 Å². The van der Waals surface area contributed by atoms with Crippen LogP contribution in [0.4, 0.5) is 5.69 Å². The van der Waals surface area contributed by atoms with Gasteiger partial charge >= 0.3 is 0 Å². The van der Waals surface area contributed by atoms with Crippen LogP contribution in [0, 0.1) is 6.92 Å². The molecule has 0 aliphatic rings. The minimum Gasteiger partial charge on any atom is -0.497 e. The molecule has 0 radical (unpaired) electrons. The van der Waals surface area contributed by atoms with Crippen LogP contribution in [0.25, 0.3) is 0 Å². The van der Waals surface area contributed by atoms with Crippen LogP contribution in [0.2, 0.25) is 0 Å². The molecule has 2 aromatic carbocycles. The molecule has 0 saturated heterocycles. The van der Waals surface area contributed by atoms with E-state index in [1.165, 1.54) is 7.11 Å². The van der Waals surface area contributed by atoms with E-state index in [4.69, 9.17) is 9.47 Å². The Bertz CT molecular complexity index is 913. The van der Waals surface area contributed by atoms with Crippen molar-refractivity contribution in [3.63, 3.8) is 0 Å². The second kappa shape index (κ2) is 10.2. The monoisotopic (exact) mass is 420 g/mol. The maximum Gasteiger partial charge on any atom is 0.244 e. The Hall–Kier alpha value is -2.74. The van der Waals surface area contributed by atoms with Crippen molar-refractivity contribution < 1.29 is 22.7 Å². The summed E-state index contributed by atoms with van der Waals surface area (Å²) in [5.74, 6) is 0.845. The van der Waals surface area contributed by atoms with Crippen molar-refractivity contribution in [1.29, 1.82) is 0 Å². The summed E-state index contributed by atoms with van der Waals surface area (Å²) in [6.07, 6.45) is 1.40. The van der Waals surface area contributed by atoms with Gasteiger partial charge in [0.05, 0.1) is 25.6 Å². The molecule has 0 saturated carbocycles. The van der Waals surface area contributed by atoms with Crippen molar-refractivity contribution in [3.8, 4) is 11.5 Å². The van der Waals surface area contributed by atoms with E-state index in [0.29, 0.717) is 23.6 Å². The first-order valence-corrected chi connectivity index (χ1v) is 11.2. The van der Waals surface area contributed by atoms with Crippen LogP contribution in [-0.2, 0) is 14.8 Å². The molecule has 1 atom stereocenters. The van der Waals surface area contributed by atoms with Crippen molar-refractivity contribution in [2.24, 2.45) is 0 Å². The lowest BCUT2D eigenvalue weighted by atomic mass is 10.2. The van der Waals surface area contributed by atoms with Crippen LogP contribution in [0.1, 0.15) is 18.9 Å². The number of anilines is 1. The summed E-state index contributed by atoms with van der Waals surface area (Å²) in [4.78, 5) is 12.7. The highest BCUT2D eigenvalue weighted by Gasteiger charge is 2.31. The average Bonchev–Trinajstić information content (AvgIpc) is 2.69. The molecule has 2 rings (SSSR count). The second-order valence-corrected chi connectivity index (χ2v) is 8.50. The number of sulfonamides is 1.